The summed E-state index contributed by atoms with van der Waals surface area (Å²) in [4.78, 5) is 31.7. The van der Waals surface area contributed by atoms with Crippen LogP contribution in [0.15, 0.2) is 34.2 Å². The molecular weight excluding hydrogens is 442 g/mol. The fourth-order valence-electron chi connectivity index (χ4n) is 3.86. The molecule has 0 N–H and O–H groups in total. The summed E-state index contributed by atoms with van der Waals surface area (Å²) in [6.45, 7) is 10.3. The van der Waals surface area contributed by atoms with E-state index in [-0.39, 0.29) is 5.56 Å². The Hall–Kier alpha value is -2.33. The number of thiophene rings is 1. The van der Waals surface area contributed by atoms with Gasteiger partial charge in [0, 0.05) is 41.4 Å². The van der Waals surface area contributed by atoms with E-state index in [4.69, 9.17) is 19.7 Å². The van der Waals surface area contributed by atoms with Crippen molar-refractivity contribution in [3.05, 3.63) is 62.3 Å². The van der Waals surface area contributed by atoms with Crippen LogP contribution in [-0.2, 0) is 17.0 Å². The number of aryl methyl sites for hydroxylation is 3. The third-order valence-corrected chi connectivity index (χ3v) is 7.84. The zero-order valence-electron chi connectivity index (χ0n) is 18.4. The predicted molar refractivity (Wildman–Crippen MR) is 129 cm³/mol. The van der Waals surface area contributed by atoms with Crippen LogP contribution in [0.3, 0.4) is 0 Å². The second-order valence-electron chi connectivity index (χ2n) is 8.11. The van der Waals surface area contributed by atoms with Gasteiger partial charge < -0.3 is 4.74 Å². The smallest absolute Gasteiger partial charge is 0.258 e. The minimum Gasteiger partial charge on any atom is -0.379 e. The Kier molecular flexibility index (Phi) is 5.98. The molecule has 0 radical (unpaired) electrons. The van der Waals surface area contributed by atoms with Crippen molar-refractivity contribution in [2.45, 2.75) is 38.1 Å². The van der Waals surface area contributed by atoms with Crippen molar-refractivity contribution in [3.63, 3.8) is 0 Å². The molecule has 0 saturated carbocycles. The van der Waals surface area contributed by atoms with E-state index in [0.717, 1.165) is 65.2 Å². The SMILES string of the molecule is Cc1ccc2nc(CSc3nc(CN4CCOCC4)nc4sc(C)c(C)c34)cc(=O)n2c1. The van der Waals surface area contributed by atoms with Crippen LogP contribution in [0.2, 0.25) is 0 Å². The highest BCUT2D eigenvalue weighted by Crippen LogP contribution is 2.36. The van der Waals surface area contributed by atoms with Gasteiger partial charge in [0.15, 0.2) is 0 Å². The van der Waals surface area contributed by atoms with Crippen LogP contribution in [0.4, 0.5) is 0 Å². The summed E-state index contributed by atoms with van der Waals surface area (Å²) < 4.78 is 7.06. The number of fused-ring (bicyclic) bond motifs is 2. The van der Waals surface area contributed by atoms with Gasteiger partial charge in [0.2, 0.25) is 0 Å². The van der Waals surface area contributed by atoms with E-state index >= 15 is 0 Å². The molecule has 1 saturated heterocycles. The summed E-state index contributed by atoms with van der Waals surface area (Å²) in [5.41, 5.74) is 3.63. The van der Waals surface area contributed by atoms with E-state index in [0.29, 0.717) is 11.4 Å². The summed E-state index contributed by atoms with van der Waals surface area (Å²) in [5.74, 6) is 1.42. The molecule has 7 nitrogen and oxygen atoms in total. The molecule has 1 aliphatic heterocycles. The van der Waals surface area contributed by atoms with E-state index in [9.17, 15) is 4.79 Å². The van der Waals surface area contributed by atoms with Crippen molar-refractivity contribution in [3.8, 4) is 0 Å². The number of pyridine rings is 1. The van der Waals surface area contributed by atoms with E-state index in [2.05, 4.69) is 18.7 Å². The zero-order valence-corrected chi connectivity index (χ0v) is 20.1. The second-order valence-corrected chi connectivity index (χ2v) is 10.3. The van der Waals surface area contributed by atoms with Gasteiger partial charge in [-0.1, -0.05) is 17.8 Å². The highest BCUT2D eigenvalue weighted by Gasteiger charge is 2.18. The first-order valence-corrected chi connectivity index (χ1v) is 12.5. The number of aromatic nitrogens is 4. The minimum atomic E-state index is -0.0577. The van der Waals surface area contributed by atoms with Gasteiger partial charge in [-0.25, -0.2) is 15.0 Å². The van der Waals surface area contributed by atoms with Gasteiger partial charge in [-0.05, 0) is 38.0 Å². The van der Waals surface area contributed by atoms with Crippen LogP contribution in [0, 0.1) is 20.8 Å². The number of rotatable bonds is 5. The maximum absolute atomic E-state index is 12.6. The zero-order chi connectivity index (χ0) is 22.2. The van der Waals surface area contributed by atoms with E-state index < -0.39 is 0 Å². The van der Waals surface area contributed by atoms with E-state index in [1.165, 1.54) is 10.4 Å². The van der Waals surface area contributed by atoms with Gasteiger partial charge in [0.25, 0.3) is 5.56 Å². The fourth-order valence-corrected chi connectivity index (χ4v) is 5.97. The molecule has 0 aliphatic carbocycles. The topological polar surface area (TPSA) is 72.6 Å². The molecule has 1 aliphatic rings. The van der Waals surface area contributed by atoms with Crippen LogP contribution in [0.5, 0.6) is 0 Å². The molecule has 166 valence electrons. The van der Waals surface area contributed by atoms with Gasteiger partial charge >= 0.3 is 0 Å². The second kappa shape index (κ2) is 8.90. The number of thioether (sulfide) groups is 1. The van der Waals surface area contributed by atoms with Crippen molar-refractivity contribution in [2.24, 2.45) is 0 Å². The molecule has 0 unspecified atom stereocenters. The maximum Gasteiger partial charge on any atom is 0.258 e. The van der Waals surface area contributed by atoms with Crippen molar-refractivity contribution in [1.29, 1.82) is 0 Å². The number of morpholine rings is 1. The molecular formula is C23H25N5O2S2. The van der Waals surface area contributed by atoms with Crippen molar-refractivity contribution in [2.75, 3.05) is 26.3 Å². The fraction of sp³-hybridized carbons (Fsp3) is 0.391. The van der Waals surface area contributed by atoms with Crippen LogP contribution in [0.25, 0.3) is 15.9 Å². The Bertz CT molecular complexity index is 1360. The summed E-state index contributed by atoms with van der Waals surface area (Å²) in [6, 6.07) is 5.49. The largest absolute Gasteiger partial charge is 0.379 e. The summed E-state index contributed by atoms with van der Waals surface area (Å²) >= 11 is 3.35. The Morgan fingerprint density at radius 3 is 2.75 bits per heavy atom. The molecule has 0 spiro atoms. The van der Waals surface area contributed by atoms with Crippen molar-refractivity contribution < 1.29 is 4.74 Å². The molecule has 5 rings (SSSR count). The van der Waals surface area contributed by atoms with Crippen LogP contribution in [-0.4, -0.2) is 50.6 Å². The Balaban J connectivity index is 1.46. The molecule has 1 fully saturated rings. The van der Waals surface area contributed by atoms with Gasteiger partial charge in [-0.2, -0.15) is 0 Å². The Morgan fingerprint density at radius 1 is 1.12 bits per heavy atom. The van der Waals surface area contributed by atoms with E-state index in [1.54, 1.807) is 33.6 Å². The first-order valence-electron chi connectivity index (χ1n) is 10.7. The van der Waals surface area contributed by atoms with E-state index in [1.807, 2.05) is 25.3 Å². The van der Waals surface area contributed by atoms with Crippen LogP contribution >= 0.6 is 23.1 Å². The first-order chi connectivity index (χ1) is 15.5. The third-order valence-electron chi connectivity index (χ3n) is 5.73. The molecule has 0 bridgehead atoms. The lowest BCUT2D eigenvalue weighted by atomic mass is 10.2. The molecule has 4 aromatic rings. The Morgan fingerprint density at radius 2 is 1.94 bits per heavy atom. The summed E-state index contributed by atoms with van der Waals surface area (Å²) in [5, 5.41) is 2.09. The molecule has 0 atom stereocenters. The predicted octanol–water partition coefficient (Wildman–Crippen LogP) is 3.75. The minimum absolute atomic E-state index is 0.0577. The molecule has 32 heavy (non-hydrogen) atoms. The normalized spacial score (nSPS) is 15.1. The lowest BCUT2D eigenvalue weighted by molar-refractivity contribution is 0.0330. The number of hydrogen-bond donors (Lipinski definition) is 0. The van der Waals surface area contributed by atoms with Crippen LogP contribution < -0.4 is 5.56 Å². The number of hydrogen-bond acceptors (Lipinski definition) is 8. The third kappa shape index (κ3) is 4.30. The quantitative estimate of drug-likeness (QED) is 0.327. The lowest BCUT2D eigenvalue weighted by Gasteiger charge is -2.25. The summed E-state index contributed by atoms with van der Waals surface area (Å²) in [6.07, 6.45) is 1.82. The highest BCUT2D eigenvalue weighted by molar-refractivity contribution is 7.98. The molecule has 4 aromatic heterocycles. The number of ether oxygens (including phenoxy) is 1. The average molecular weight is 468 g/mol. The van der Waals surface area contributed by atoms with Gasteiger partial charge in [-0.3, -0.25) is 14.1 Å². The number of nitrogens with zero attached hydrogens (tertiary/aromatic N) is 5. The maximum atomic E-state index is 12.6. The van der Waals surface area contributed by atoms with Gasteiger partial charge in [0.05, 0.1) is 25.5 Å². The molecule has 5 heterocycles. The Labute approximate surface area is 194 Å². The van der Waals surface area contributed by atoms with Gasteiger partial charge in [0.1, 0.15) is 21.3 Å². The highest BCUT2D eigenvalue weighted by atomic mass is 32.2. The molecule has 9 heteroatoms. The molecule has 0 amide bonds. The van der Waals surface area contributed by atoms with Gasteiger partial charge in [-0.15, -0.1) is 11.3 Å². The first kappa shape index (κ1) is 21.5. The average Bonchev–Trinajstić information content (AvgIpc) is 3.07. The lowest BCUT2D eigenvalue weighted by Crippen LogP contribution is -2.36. The summed E-state index contributed by atoms with van der Waals surface area (Å²) in [7, 11) is 0. The van der Waals surface area contributed by atoms with Crippen LogP contribution in [0.1, 0.15) is 27.5 Å². The van der Waals surface area contributed by atoms with Crippen molar-refractivity contribution in [1.82, 2.24) is 24.3 Å². The molecule has 0 aromatic carbocycles. The monoisotopic (exact) mass is 467 g/mol. The van der Waals surface area contributed by atoms with Crippen molar-refractivity contribution >= 4 is 39.0 Å². The standard InChI is InChI=1S/C23H25N5O2S2/c1-14-4-5-19-24-17(10-20(29)28(19)11-14)13-31-22-21-15(2)16(3)32-23(21)26-18(25-22)12-27-6-8-30-9-7-27/h4-5,10-11H,6-9,12-13H2,1-3H3.